The Balaban J connectivity index is 1.84. The van der Waals surface area contributed by atoms with Crippen LogP contribution in [-0.2, 0) is 9.59 Å². The standard InChI is InChI=1S/C26H24N2O3/c1-16-9-12-19(13-10-16)23-24(27-22-14-17(2)8-11-18(22)3)26(30)28(25(23)29)20-6-5-7-21(15-20)31-4/h5-15,27H,1-4H3. The number of nitrogens with zero attached hydrogens (tertiary/aromatic N) is 1. The van der Waals surface area contributed by atoms with Crippen LogP contribution in [0.4, 0.5) is 11.4 Å². The lowest BCUT2D eigenvalue weighted by Crippen LogP contribution is -2.32. The van der Waals surface area contributed by atoms with Crippen LogP contribution in [0.25, 0.3) is 5.57 Å². The van der Waals surface area contributed by atoms with Gasteiger partial charge in [0.05, 0.1) is 18.4 Å². The number of amides is 2. The number of methoxy groups -OCH3 is 1. The van der Waals surface area contributed by atoms with Gasteiger partial charge in [-0.15, -0.1) is 0 Å². The van der Waals surface area contributed by atoms with E-state index >= 15 is 0 Å². The van der Waals surface area contributed by atoms with E-state index in [0.29, 0.717) is 22.6 Å². The molecule has 5 heteroatoms. The second-order valence-electron chi connectivity index (χ2n) is 7.71. The summed E-state index contributed by atoms with van der Waals surface area (Å²) in [5, 5.41) is 3.26. The van der Waals surface area contributed by atoms with Crippen molar-refractivity contribution in [2.45, 2.75) is 20.8 Å². The molecule has 0 bridgehead atoms. The summed E-state index contributed by atoms with van der Waals surface area (Å²) in [6, 6.07) is 20.5. The maximum atomic E-state index is 13.5. The van der Waals surface area contributed by atoms with Crippen molar-refractivity contribution in [3.63, 3.8) is 0 Å². The van der Waals surface area contributed by atoms with Gasteiger partial charge in [-0.05, 0) is 55.7 Å². The number of imide groups is 1. The van der Waals surface area contributed by atoms with E-state index in [0.717, 1.165) is 22.4 Å². The first kappa shape index (κ1) is 20.4. The molecule has 0 saturated heterocycles. The van der Waals surface area contributed by atoms with Gasteiger partial charge in [0.1, 0.15) is 11.4 Å². The molecule has 3 aromatic carbocycles. The topological polar surface area (TPSA) is 58.6 Å². The fourth-order valence-electron chi connectivity index (χ4n) is 3.62. The molecule has 0 atom stereocenters. The van der Waals surface area contributed by atoms with Gasteiger partial charge in [0, 0.05) is 11.8 Å². The van der Waals surface area contributed by atoms with E-state index in [4.69, 9.17) is 4.74 Å². The fraction of sp³-hybridized carbons (Fsp3) is 0.154. The SMILES string of the molecule is COc1cccc(N2C(=O)C(Nc3cc(C)ccc3C)=C(c3ccc(C)cc3)C2=O)c1. The number of hydrogen-bond donors (Lipinski definition) is 1. The Morgan fingerprint density at radius 2 is 1.52 bits per heavy atom. The summed E-state index contributed by atoms with van der Waals surface area (Å²) in [7, 11) is 1.55. The molecule has 0 unspecified atom stereocenters. The molecule has 0 aliphatic carbocycles. The highest BCUT2D eigenvalue weighted by Crippen LogP contribution is 2.35. The van der Waals surface area contributed by atoms with Crippen LogP contribution in [0.15, 0.2) is 72.4 Å². The van der Waals surface area contributed by atoms with E-state index < -0.39 is 5.91 Å². The minimum atomic E-state index is -0.394. The maximum Gasteiger partial charge on any atom is 0.282 e. The Morgan fingerprint density at radius 1 is 0.806 bits per heavy atom. The summed E-state index contributed by atoms with van der Waals surface area (Å²) in [6.45, 7) is 5.94. The number of carbonyl (C=O) groups is 2. The van der Waals surface area contributed by atoms with Crippen molar-refractivity contribution in [3.8, 4) is 5.75 Å². The van der Waals surface area contributed by atoms with E-state index in [1.54, 1.807) is 31.4 Å². The Morgan fingerprint density at radius 3 is 2.23 bits per heavy atom. The van der Waals surface area contributed by atoms with Gasteiger partial charge in [-0.1, -0.05) is 48.0 Å². The first-order valence-electron chi connectivity index (χ1n) is 10.1. The van der Waals surface area contributed by atoms with Gasteiger partial charge in [0.15, 0.2) is 0 Å². The number of anilines is 2. The smallest absolute Gasteiger partial charge is 0.282 e. The van der Waals surface area contributed by atoms with Crippen LogP contribution >= 0.6 is 0 Å². The van der Waals surface area contributed by atoms with Crippen LogP contribution in [-0.4, -0.2) is 18.9 Å². The molecule has 0 spiro atoms. The molecule has 0 radical (unpaired) electrons. The number of hydrogen-bond acceptors (Lipinski definition) is 4. The first-order chi connectivity index (χ1) is 14.9. The predicted molar refractivity (Wildman–Crippen MR) is 123 cm³/mol. The third kappa shape index (κ3) is 3.82. The van der Waals surface area contributed by atoms with Crippen LogP contribution in [0, 0.1) is 20.8 Å². The van der Waals surface area contributed by atoms with Crippen molar-refractivity contribution in [2.75, 3.05) is 17.3 Å². The van der Waals surface area contributed by atoms with Gasteiger partial charge >= 0.3 is 0 Å². The molecule has 1 aliphatic heterocycles. The number of aryl methyl sites for hydroxylation is 3. The van der Waals surface area contributed by atoms with Crippen molar-refractivity contribution in [1.82, 2.24) is 0 Å². The quantitative estimate of drug-likeness (QED) is 0.598. The van der Waals surface area contributed by atoms with E-state index in [1.165, 1.54) is 4.90 Å². The molecule has 0 fully saturated rings. The molecule has 1 heterocycles. The zero-order valence-corrected chi connectivity index (χ0v) is 18.0. The molecule has 0 saturated carbocycles. The number of benzene rings is 3. The zero-order valence-electron chi connectivity index (χ0n) is 18.0. The predicted octanol–water partition coefficient (Wildman–Crippen LogP) is 5.02. The molecule has 1 aliphatic rings. The van der Waals surface area contributed by atoms with Gasteiger partial charge in [-0.25, -0.2) is 4.90 Å². The number of nitrogens with one attached hydrogen (secondary N) is 1. The second kappa shape index (κ2) is 8.11. The van der Waals surface area contributed by atoms with Gasteiger partial charge in [0.25, 0.3) is 11.8 Å². The Kier molecular flexibility index (Phi) is 5.34. The van der Waals surface area contributed by atoms with Gasteiger partial charge < -0.3 is 10.1 Å². The molecule has 156 valence electrons. The van der Waals surface area contributed by atoms with Crippen molar-refractivity contribution in [3.05, 3.63) is 94.7 Å². The zero-order chi connectivity index (χ0) is 22.1. The van der Waals surface area contributed by atoms with Crippen LogP contribution in [0.2, 0.25) is 0 Å². The summed E-state index contributed by atoms with van der Waals surface area (Å²) < 4.78 is 5.28. The van der Waals surface area contributed by atoms with Gasteiger partial charge in [0.2, 0.25) is 0 Å². The van der Waals surface area contributed by atoms with Crippen LogP contribution in [0.5, 0.6) is 5.75 Å². The lowest BCUT2D eigenvalue weighted by molar-refractivity contribution is -0.120. The lowest BCUT2D eigenvalue weighted by atomic mass is 10.0. The van der Waals surface area contributed by atoms with E-state index in [1.807, 2.05) is 63.2 Å². The summed E-state index contributed by atoms with van der Waals surface area (Å²) in [4.78, 5) is 28.2. The summed E-state index contributed by atoms with van der Waals surface area (Å²) in [5.74, 6) is -0.185. The molecule has 5 nitrogen and oxygen atoms in total. The number of ether oxygens (including phenoxy) is 1. The monoisotopic (exact) mass is 412 g/mol. The highest BCUT2D eigenvalue weighted by molar-refractivity contribution is 6.46. The second-order valence-corrected chi connectivity index (χ2v) is 7.71. The van der Waals surface area contributed by atoms with Crippen molar-refractivity contribution in [1.29, 1.82) is 0 Å². The maximum absolute atomic E-state index is 13.5. The Hall–Kier alpha value is -3.86. The lowest BCUT2D eigenvalue weighted by Gasteiger charge is -2.16. The fourth-order valence-corrected chi connectivity index (χ4v) is 3.62. The largest absolute Gasteiger partial charge is 0.497 e. The Labute approximate surface area is 182 Å². The van der Waals surface area contributed by atoms with Crippen molar-refractivity contribution in [2.24, 2.45) is 0 Å². The van der Waals surface area contributed by atoms with Crippen LogP contribution in [0.1, 0.15) is 22.3 Å². The molecular formula is C26H24N2O3. The number of carbonyl (C=O) groups excluding carboxylic acids is 2. The van der Waals surface area contributed by atoms with Gasteiger partial charge in [-0.3, -0.25) is 9.59 Å². The first-order valence-corrected chi connectivity index (χ1v) is 10.1. The molecule has 31 heavy (non-hydrogen) atoms. The van der Waals surface area contributed by atoms with E-state index in [2.05, 4.69) is 5.32 Å². The van der Waals surface area contributed by atoms with E-state index in [9.17, 15) is 9.59 Å². The minimum absolute atomic E-state index is 0.269. The molecule has 2 amide bonds. The number of rotatable bonds is 5. The summed E-state index contributed by atoms with van der Waals surface area (Å²) in [6.07, 6.45) is 0. The normalized spacial score (nSPS) is 13.7. The molecule has 1 N–H and O–H groups in total. The van der Waals surface area contributed by atoms with Crippen LogP contribution in [0.3, 0.4) is 0 Å². The molecule has 4 rings (SSSR count). The van der Waals surface area contributed by atoms with Crippen molar-refractivity contribution >= 4 is 28.8 Å². The molecule has 0 aromatic heterocycles. The van der Waals surface area contributed by atoms with Crippen molar-refractivity contribution < 1.29 is 14.3 Å². The summed E-state index contributed by atoms with van der Waals surface area (Å²) >= 11 is 0. The highest BCUT2D eigenvalue weighted by atomic mass is 16.5. The third-order valence-electron chi connectivity index (χ3n) is 5.39. The Bertz CT molecular complexity index is 1210. The van der Waals surface area contributed by atoms with E-state index in [-0.39, 0.29) is 11.6 Å². The van der Waals surface area contributed by atoms with Gasteiger partial charge in [-0.2, -0.15) is 0 Å². The molecule has 3 aromatic rings. The van der Waals surface area contributed by atoms with Crippen LogP contribution < -0.4 is 15.0 Å². The molecular weight excluding hydrogens is 388 g/mol. The third-order valence-corrected chi connectivity index (χ3v) is 5.39. The highest BCUT2D eigenvalue weighted by Gasteiger charge is 2.40. The minimum Gasteiger partial charge on any atom is -0.497 e. The summed E-state index contributed by atoms with van der Waals surface area (Å²) in [5.41, 5.74) is 5.72. The average molecular weight is 412 g/mol. The average Bonchev–Trinajstić information content (AvgIpc) is 3.01.